The molecule has 0 aromatic carbocycles. The van der Waals surface area contributed by atoms with Crippen molar-refractivity contribution in [2.45, 2.75) is 52.5 Å². The van der Waals surface area contributed by atoms with Gasteiger partial charge in [-0.1, -0.05) is 19.3 Å². The maximum atomic E-state index is 12.7. The molecule has 2 heterocycles. The molecule has 0 unspecified atom stereocenters. The molecular formula is C18H24N4O2. The van der Waals surface area contributed by atoms with Crippen molar-refractivity contribution in [3.05, 3.63) is 45.6 Å². The van der Waals surface area contributed by atoms with Crippen LogP contribution in [0.3, 0.4) is 0 Å². The largest absolute Gasteiger partial charge is 0.329 e. The Morgan fingerprint density at radius 1 is 1.33 bits per heavy atom. The molecule has 0 atom stereocenters. The van der Waals surface area contributed by atoms with Gasteiger partial charge >= 0.3 is 0 Å². The molecule has 24 heavy (non-hydrogen) atoms. The van der Waals surface area contributed by atoms with Crippen LogP contribution in [0.25, 0.3) is 0 Å². The number of carbonyl (C=O) groups is 1. The molecule has 0 saturated heterocycles. The highest BCUT2D eigenvalue weighted by molar-refractivity contribution is 6.04. The van der Waals surface area contributed by atoms with Gasteiger partial charge in [0.25, 0.3) is 5.91 Å². The number of nitrogens with zero attached hydrogens (tertiary/aromatic N) is 2. The SMILES string of the molecule is Cc1nn(CC2CCCCC2)c(C(=O)Nc2cc[nH]c(=O)c2)c1C. The summed E-state index contributed by atoms with van der Waals surface area (Å²) >= 11 is 0. The van der Waals surface area contributed by atoms with E-state index in [-0.39, 0.29) is 11.5 Å². The predicted octanol–water partition coefficient (Wildman–Crippen LogP) is 3.02. The van der Waals surface area contributed by atoms with Gasteiger partial charge in [-0.05, 0) is 38.7 Å². The summed E-state index contributed by atoms with van der Waals surface area (Å²) in [7, 11) is 0. The molecule has 128 valence electrons. The maximum absolute atomic E-state index is 12.7. The van der Waals surface area contributed by atoms with E-state index >= 15 is 0 Å². The number of nitrogens with one attached hydrogen (secondary N) is 2. The van der Waals surface area contributed by atoms with Crippen molar-refractivity contribution < 1.29 is 4.79 Å². The number of aromatic amines is 1. The second-order valence-electron chi connectivity index (χ2n) is 6.64. The number of anilines is 1. The molecule has 1 aliphatic carbocycles. The Morgan fingerprint density at radius 3 is 2.79 bits per heavy atom. The van der Waals surface area contributed by atoms with Crippen LogP contribution in [0.1, 0.15) is 53.8 Å². The average molecular weight is 328 g/mol. The quantitative estimate of drug-likeness (QED) is 0.905. The molecule has 0 aliphatic heterocycles. The molecule has 1 amide bonds. The van der Waals surface area contributed by atoms with Crippen molar-refractivity contribution >= 4 is 11.6 Å². The van der Waals surface area contributed by atoms with E-state index in [1.165, 1.54) is 44.4 Å². The number of amides is 1. The summed E-state index contributed by atoms with van der Waals surface area (Å²) < 4.78 is 1.85. The van der Waals surface area contributed by atoms with E-state index in [4.69, 9.17) is 0 Å². The van der Waals surface area contributed by atoms with Gasteiger partial charge in [0.15, 0.2) is 0 Å². The Hall–Kier alpha value is -2.37. The molecule has 1 fully saturated rings. The van der Waals surface area contributed by atoms with Crippen LogP contribution in [0, 0.1) is 19.8 Å². The van der Waals surface area contributed by atoms with Crippen molar-refractivity contribution in [3.63, 3.8) is 0 Å². The van der Waals surface area contributed by atoms with Crippen LogP contribution in [0.4, 0.5) is 5.69 Å². The van der Waals surface area contributed by atoms with Crippen LogP contribution in [0.2, 0.25) is 0 Å². The number of pyridine rings is 1. The lowest BCUT2D eigenvalue weighted by Gasteiger charge is -2.22. The normalized spacial score (nSPS) is 15.4. The van der Waals surface area contributed by atoms with Crippen molar-refractivity contribution in [2.24, 2.45) is 5.92 Å². The molecule has 0 radical (unpaired) electrons. The molecule has 3 rings (SSSR count). The van der Waals surface area contributed by atoms with E-state index in [2.05, 4.69) is 15.4 Å². The Balaban J connectivity index is 1.83. The lowest BCUT2D eigenvalue weighted by Crippen LogP contribution is -2.23. The van der Waals surface area contributed by atoms with Gasteiger partial charge in [0.2, 0.25) is 5.56 Å². The van der Waals surface area contributed by atoms with Gasteiger partial charge in [0, 0.05) is 30.1 Å². The smallest absolute Gasteiger partial charge is 0.274 e. The molecule has 2 N–H and O–H groups in total. The lowest BCUT2D eigenvalue weighted by atomic mass is 9.89. The highest BCUT2D eigenvalue weighted by atomic mass is 16.2. The van der Waals surface area contributed by atoms with Crippen LogP contribution in [-0.2, 0) is 6.54 Å². The van der Waals surface area contributed by atoms with Gasteiger partial charge in [-0.2, -0.15) is 5.10 Å². The number of rotatable bonds is 4. The minimum atomic E-state index is -0.239. The van der Waals surface area contributed by atoms with E-state index in [1.807, 2.05) is 18.5 Å². The van der Waals surface area contributed by atoms with Gasteiger partial charge in [-0.15, -0.1) is 0 Å². The summed E-state index contributed by atoms with van der Waals surface area (Å²) in [6.07, 6.45) is 7.76. The van der Waals surface area contributed by atoms with Crippen molar-refractivity contribution in [1.82, 2.24) is 14.8 Å². The number of hydrogen-bond acceptors (Lipinski definition) is 3. The fraction of sp³-hybridized carbons (Fsp3) is 0.500. The van der Waals surface area contributed by atoms with Crippen molar-refractivity contribution in [2.75, 3.05) is 5.32 Å². The second kappa shape index (κ2) is 7.03. The van der Waals surface area contributed by atoms with Crippen LogP contribution < -0.4 is 10.9 Å². The number of hydrogen-bond donors (Lipinski definition) is 2. The molecule has 1 saturated carbocycles. The van der Waals surface area contributed by atoms with Gasteiger partial charge in [0.05, 0.1) is 5.69 Å². The summed E-state index contributed by atoms with van der Waals surface area (Å²) in [5, 5.41) is 7.38. The highest BCUT2D eigenvalue weighted by Gasteiger charge is 2.22. The first-order valence-corrected chi connectivity index (χ1v) is 8.58. The summed E-state index contributed by atoms with van der Waals surface area (Å²) in [5.74, 6) is 0.373. The van der Waals surface area contributed by atoms with Gasteiger partial charge in [-0.25, -0.2) is 0 Å². The second-order valence-corrected chi connectivity index (χ2v) is 6.64. The number of aromatic nitrogens is 3. The summed E-state index contributed by atoms with van der Waals surface area (Å²) in [5.41, 5.74) is 2.62. The van der Waals surface area contributed by atoms with Crippen LogP contribution in [0.15, 0.2) is 23.1 Å². The van der Waals surface area contributed by atoms with Gasteiger partial charge in [0.1, 0.15) is 5.69 Å². The van der Waals surface area contributed by atoms with Crippen LogP contribution in [0.5, 0.6) is 0 Å². The molecule has 6 nitrogen and oxygen atoms in total. The zero-order valence-electron chi connectivity index (χ0n) is 14.3. The standard InChI is InChI=1S/C18H24N4O2/c1-12-13(2)21-22(11-14-6-4-3-5-7-14)17(12)18(24)20-15-8-9-19-16(23)10-15/h8-10,14H,3-7,11H2,1-2H3,(H2,19,20,23,24). The third-order valence-electron chi connectivity index (χ3n) is 4.83. The first-order chi connectivity index (χ1) is 11.5. The Labute approximate surface area is 141 Å². The first kappa shape index (κ1) is 16.5. The highest BCUT2D eigenvalue weighted by Crippen LogP contribution is 2.26. The first-order valence-electron chi connectivity index (χ1n) is 8.58. The maximum Gasteiger partial charge on any atom is 0.274 e. The van der Waals surface area contributed by atoms with Crippen LogP contribution in [-0.4, -0.2) is 20.7 Å². The molecule has 2 aromatic heterocycles. The Morgan fingerprint density at radius 2 is 2.08 bits per heavy atom. The monoisotopic (exact) mass is 328 g/mol. The van der Waals surface area contributed by atoms with E-state index in [9.17, 15) is 9.59 Å². The number of H-pyrrole nitrogens is 1. The molecule has 6 heteroatoms. The summed E-state index contributed by atoms with van der Waals surface area (Å²) in [6.45, 7) is 4.63. The van der Waals surface area contributed by atoms with Gasteiger partial charge in [-0.3, -0.25) is 14.3 Å². The molecule has 2 aromatic rings. The van der Waals surface area contributed by atoms with E-state index in [0.29, 0.717) is 17.3 Å². The minimum absolute atomic E-state index is 0.213. The van der Waals surface area contributed by atoms with Crippen LogP contribution >= 0.6 is 0 Å². The Bertz CT molecular complexity index is 785. The van der Waals surface area contributed by atoms with Crippen molar-refractivity contribution in [1.29, 1.82) is 0 Å². The average Bonchev–Trinajstić information content (AvgIpc) is 2.82. The summed E-state index contributed by atoms with van der Waals surface area (Å²) in [4.78, 5) is 26.7. The number of carbonyl (C=O) groups excluding carboxylic acids is 1. The van der Waals surface area contributed by atoms with E-state index in [0.717, 1.165) is 17.8 Å². The fourth-order valence-corrected chi connectivity index (χ4v) is 3.42. The topological polar surface area (TPSA) is 79.8 Å². The fourth-order valence-electron chi connectivity index (χ4n) is 3.42. The molecule has 0 bridgehead atoms. The third kappa shape index (κ3) is 3.58. The molecule has 1 aliphatic rings. The lowest BCUT2D eigenvalue weighted by molar-refractivity contribution is 0.101. The predicted molar refractivity (Wildman–Crippen MR) is 93.3 cm³/mol. The van der Waals surface area contributed by atoms with E-state index < -0.39 is 0 Å². The number of aryl methyl sites for hydroxylation is 1. The van der Waals surface area contributed by atoms with Gasteiger partial charge < -0.3 is 10.3 Å². The molecule has 0 spiro atoms. The Kier molecular flexibility index (Phi) is 4.83. The van der Waals surface area contributed by atoms with Crippen molar-refractivity contribution in [3.8, 4) is 0 Å². The zero-order valence-corrected chi connectivity index (χ0v) is 14.3. The summed E-state index contributed by atoms with van der Waals surface area (Å²) in [6, 6.07) is 3.05. The minimum Gasteiger partial charge on any atom is -0.329 e. The molecular weight excluding hydrogens is 304 g/mol. The zero-order chi connectivity index (χ0) is 17.1. The van der Waals surface area contributed by atoms with E-state index in [1.54, 1.807) is 6.07 Å². The third-order valence-corrected chi connectivity index (χ3v) is 4.83.